The molecule has 11 heavy (non-hydrogen) atoms. The van der Waals surface area contributed by atoms with E-state index in [2.05, 4.69) is 11.9 Å². The fourth-order valence-corrected chi connectivity index (χ4v) is 1.45. The topological polar surface area (TPSA) is 29.1 Å². The van der Waals surface area contributed by atoms with Crippen LogP contribution < -0.4 is 5.32 Å². The average molecular weight is 153 g/mol. The number of hydrogen-bond acceptors (Lipinski definition) is 2. The van der Waals surface area contributed by atoms with Gasteiger partial charge in [-0.25, -0.2) is 0 Å². The minimum Gasteiger partial charge on any atom is -0.314 e. The van der Waals surface area contributed by atoms with Crippen molar-refractivity contribution in [2.24, 2.45) is 0 Å². The first kappa shape index (κ1) is 8.47. The van der Waals surface area contributed by atoms with E-state index >= 15 is 0 Å². The molecule has 0 bridgehead atoms. The van der Waals surface area contributed by atoms with Crippen molar-refractivity contribution in [3.63, 3.8) is 0 Å². The number of hydrogen-bond donors (Lipinski definition) is 1. The molecule has 0 aromatic carbocycles. The fourth-order valence-electron chi connectivity index (χ4n) is 1.45. The lowest BCUT2D eigenvalue weighted by molar-refractivity contribution is -0.118. The van der Waals surface area contributed by atoms with Gasteiger partial charge in [0.2, 0.25) is 0 Å². The Bertz CT molecular complexity index is 148. The van der Waals surface area contributed by atoms with E-state index in [1.165, 1.54) is 6.42 Å². The number of carbonyl (C=O) groups excluding carboxylic acids is 1. The maximum atomic E-state index is 11.1. The number of carbonyl (C=O) groups is 1. The normalized spacial score (nSPS) is 23.5. The van der Waals surface area contributed by atoms with Crippen molar-refractivity contribution in [1.29, 1.82) is 0 Å². The Hall–Kier alpha value is -0.630. The fraction of sp³-hybridized carbons (Fsp3) is 0.667. The third-order valence-corrected chi connectivity index (χ3v) is 2.01. The van der Waals surface area contributed by atoms with Crippen LogP contribution in [0.2, 0.25) is 0 Å². The number of allylic oxidation sites excluding steroid dienone is 1. The van der Waals surface area contributed by atoms with Crippen LogP contribution in [0, 0.1) is 0 Å². The number of ketones is 1. The van der Waals surface area contributed by atoms with Crippen LogP contribution in [0.15, 0.2) is 12.7 Å². The van der Waals surface area contributed by atoms with E-state index in [9.17, 15) is 4.79 Å². The van der Waals surface area contributed by atoms with E-state index in [1.807, 2.05) is 0 Å². The molecule has 1 aliphatic heterocycles. The first-order valence-corrected chi connectivity index (χ1v) is 4.19. The Balaban J connectivity index is 2.18. The zero-order valence-corrected chi connectivity index (χ0v) is 6.81. The summed E-state index contributed by atoms with van der Waals surface area (Å²) in [7, 11) is 0. The van der Waals surface area contributed by atoms with Gasteiger partial charge >= 0.3 is 0 Å². The molecule has 0 aromatic rings. The van der Waals surface area contributed by atoms with Crippen LogP contribution in [0.25, 0.3) is 0 Å². The van der Waals surface area contributed by atoms with E-state index < -0.39 is 0 Å². The van der Waals surface area contributed by atoms with Gasteiger partial charge in [0.05, 0.1) is 0 Å². The second kappa shape index (κ2) is 4.29. The minimum absolute atomic E-state index is 0.305. The van der Waals surface area contributed by atoms with Gasteiger partial charge in [0, 0.05) is 18.9 Å². The Kier molecular flexibility index (Phi) is 3.30. The van der Waals surface area contributed by atoms with E-state index in [1.54, 1.807) is 6.08 Å². The third kappa shape index (κ3) is 2.85. The molecule has 1 N–H and O–H groups in total. The van der Waals surface area contributed by atoms with E-state index in [4.69, 9.17) is 0 Å². The lowest BCUT2D eigenvalue weighted by atomic mass is 10.1. The van der Waals surface area contributed by atoms with Crippen LogP contribution in [0.1, 0.15) is 25.7 Å². The molecule has 0 saturated carbocycles. The third-order valence-electron chi connectivity index (χ3n) is 2.01. The lowest BCUT2D eigenvalue weighted by Crippen LogP contribution is -2.24. The minimum atomic E-state index is 0.305. The highest BCUT2D eigenvalue weighted by atomic mass is 16.1. The molecule has 1 saturated heterocycles. The molecule has 0 spiro atoms. The summed E-state index contributed by atoms with van der Waals surface area (Å²) in [5.74, 6) is 0.305. The van der Waals surface area contributed by atoms with Crippen molar-refractivity contribution in [1.82, 2.24) is 5.32 Å². The van der Waals surface area contributed by atoms with Crippen molar-refractivity contribution in [3.05, 3.63) is 12.7 Å². The molecule has 1 fully saturated rings. The van der Waals surface area contributed by atoms with Crippen molar-refractivity contribution in [3.8, 4) is 0 Å². The largest absolute Gasteiger partial charge is 0.314 e. The van der Waals surface area contributed by atoms with Gasteiger partial charge in [-0.1, -0.05) is 6.08 Å². The molecule has 1 atom stereocenters. The van der Waals surface area contributed by atoms with Gasteiger partial charge in [-0.2, -0.15) is 0 Å². The van der Waals surface area contributed by atoms with Crippen LogP contribution in [0.3, 0.4) is 0 Å². The van der Waals surface area contributed by atoms with E-state index in [0.29, 0.717) is 24.7 Å². The second-order valence-electron chi connectivity index (χ2n) is 3.03. The van der Waals surface area contributed by atoms with Crippen molar-refractivity contribution in [2.45, 2.75) is 31.7 Å². The molecule has 1 aliphatic rings. The lowest BCUT2D eigenvalue weighted by Gasteiger charge is -2.06. The van der Waals surface area contributed by atoms with Gasteiger partial charge in [0.15, 0.2) is 0 Å². The summed E-state index contributed by atoms with van der Waals surface area (Å²) in [6.07, 6.45) is 5.26. The molecule has 62 valence electrons. The molecule has 1 unspecified atom stereocenters. The number of nitrogens with one attached hydrogen (secondary N) is 1. The summed E-state index contributed by atoms with van der Waals surface area (Å²) in [6.45, 7) is 4.61. The molecule has 2 heteroatoms. The molecule has 0 aliphatic carbocycles. The summed E-state index contributed by atoms with van der Waals surface area (Å²) in [5.41, 5.74) is 0. The predicted octanol–water partition coefficient (Wildman–Crippen LogP) is 1.27. The quantitative estimate of drug-likeness (QED) is 0.616. The van der Waals surface area contributed by atoms with Crippen molar-refractivity contribution < 1.29 is 4.79 Å². The Morgan fingerprint density at radius 2 is 2.55 bits per heavy atom. The first-order chi connectivity index (χ1) is 5.33. The maximum Gasteiger partial charge on any atom is 0.138 e. The SMILES string of the molecule is C=CCC(=O)CC1CCCN1. The van der Waals surface area contributed by atoms with Crippen LogP contribution >= 0.6 is 0 Å². The summed E-state index contributed by atoms with van der Waals surface area (Å²) in [6, 6.07) is 0.447. The van der Waals surface area contributed by atoms with Crippen molar-refractivity contribution in [2.75, 3.05) is 6.54 Å². The van der Waals surface area contributed by atoms with E-state index in [-0.39, 0.29) is 0 Å². The summed E-state index contributed by atoms with van der Waals surface area (Å²) in [4.78, 5) is 11.1. The van der Waals surface area contributed by atoms with Gasteiger partial charge < -0.3 is 5.32 Å². The van der Waals surface area contributed by atoms with Crippen LogP contribution in [-0.2, 0) is 4.79 Å². The van der Waals surface area contributed by atoms with Gasteiger partial charge in [-0.05, 0) is 19.4 Å². The van der Waals surface area contributed by atoms with Crippen LogP contribution in [-0.4, -0.2) is 18.4 Å². The second-order valence-corrected chi connectivity index (χ2v) is 3.03. The van der Waals surface area contributed by atoms with Crippen LogP contribution in [0.5, 0.6) is 0 Å². The predicted molar refractivity (Wildman–Crippen MR) is 45.5 cm³/mol. The highest BCUT2D eigenvalue weighted by Gasteiger charge is 2.16. The smallest absolute Gasteiger partial charge is 0.138 e. The maximum absolute atomic E-state index is 11.1. The molecule has 1 rings (SSSR count). The zero-order valence-electron chi connectivity index (χ0n) is 6.81. The average Bonchev–Trinajstić information content (AvgIpc) is 2.40. The number of Topliss-reactive ketones (excluding diaryl/α,β-unsaturated/α-hetero) is 1. The Morgan fingerprint density at radius 1 is 1.73 bits per heavy atom. The number of rotatable bonds is 4. The summed E-state index contributed by atoms with van der Waals surface area (Å²) >= 11 is 0. The monoisotopic (exact) mass is 153 g/mol. The molecule has 0 aromatic heterocycles. The Morgan fingerprint density at radius 3 is 3.09 bits per heavy atom. The summed E-state index contributed by atoms with van der Waals surface area (Å²) < 4.78 is 0. The van der Waals surface area contributed by atoms with Gasteiger partial charge in [-0.15, -0.1) is 6.58 Å². The highest BCUT2D eigenvalue weighted by Crippen LogP contribution is 2.09. The molecular formula is C9H15NO. The first-order valence-electron chi connectivity index (χ1n) is 4.19. The van der Waals surface area contributed by atoms with Crippen LogP contribution in [0.4, 0.5) is 0 Å². The van der Waals surface area contributed by atoms with Gasteiger partial charge in [0.1, 0.15) is 5.78 Å². The van der Waals surface area contributed by atoms with Gasteiger partial charge in [-0.3, -0.25) is 4.79 Å². The molecule has 0 radical (unpaired) electrons. The highest BCUT2D eigenvalue weighted by molar-refractivity contribution is 5.80. The summed E-state index contributed by atoms with van der Waals surface area (Å²) in [5, 5.41) is 3.29. The molecule has 2 nitrogen and oxygen atoms in total. The van der Waals surface area contributed by atoms with E-state index in [0.717, 1.165) is 13.0 Å². The van der Waals surface area contributed by atoms with Crippen molar-refractivity contribution >= 4 is 5.78 Å². The standard InChI is InChI=1S/C9H15NO/c1-2-4-9(11)7-8-5-3-6-10-8/h2,8,10H,1,3-7H2. The molecule has 1 heterocycles. The molecular weight excluding hydrogens is 138 g/mol. The zero-order chi connectivity index (χ0) is 8.10. The van der Waals surface area contributed by atoms with Gasteiger partial charge in [0.25, 0.3) is 0 Å². The Labute approximate surface area is 67.7 Å². The molecule has 0 amide bonds.